The third-order valence-corrected chi connectivity index (χ3v) is 4.79. The maximum absolute atomic E-state index is 10.1. The first-order valence-electron chi connectivity index (χ1n) is 7.06. The van der Waals surface area contributed by atoms with Crippen molar-refractivity contribution < 1.29 is 5.11 Å². The van der Waals surface area contributed by atoms with Crippen LogP contribution in [0.15, 0.2) is 12.1 Å². The summed E-state index contributed by atoms with van der Waals surface area (Å²) >= 11 is 0. The lowest BCUT2D eigenvalue weighted by Gasteiger charge is -2.18. The lowest BCUT2D eigenvalue weighted by atomic mass is 9.97. The van der Waals surface area contributed by atoms with Crippen LogP contribution < -0.4 is 5.32 Å². The van der Waals surface area contributed by atoms with Crippen molar-refractivity contribution in [1.82, 2.24) is 5.32 Å². The Kier molecular flexibility index (Phi) is 2.67. The fourth-order valence-corrected chi connectivity index (χ4v) is 3.29. The lowest BCUT2D eigenvalue weighted by Crippen LogP contribution is -2.25. The molecule has 18 heavy (non-hydrogen) atoms. The summed E-state index contributed by atoms with van der Waals surface area (Å²) in [5, 5.41) is 13.8. The zero-order chi connectivity index (χ0) is 12.9. The van der Waals surface area contributed by atoms with Crippen molar-refractivity contribution in [3.8, 4) is 5.75 Å². The molecule has 2 heteroatoms. The first-order valence-corrected chi connectivity index (χ1v) is 7.06. The van der Waals surface area contributed by atoms with Crippen LogP contribution in [0.3, 0.4) is 0 Å². The molecule has 0 heterocycles. The zero-order valence-electron chi connectivity index (χ0n) is 11.6. The van der Waals surface area contributed by atoms with Gasteiger partial charge in [0.25, 0.3) is 0 Å². The Balaban J connectivity index is 1.86. The van der Waals surface area contributed by atoms with Crippen LogP contribution >= 0.6 is 0 Å². The highest BCUT2D eigenvalue weighted by molar-refractivity contribution is 5.50. The second kappa shape index (κ2) is 3.99. The van der Waals surface area contributed by atoms with Crippen molar-refractivity contribution in [1.29, 1.82) is 0 Å². The van der Waals surface area contributed by atoms with Gasteiger partial charge in [-0.1, -0.05) is 19.9 Å². The molecule has 1 saturated carbocycles. The number of nitrogens with one attached hydrogen (secondary N) is 1. The number of benzene rings is 1. The number of rotatable bonds is 3. The fraction of sp³-hybridized carbons (Fsp3) is 0.625. The average Bonchev–Trinajstić information content (AvgIpc) is 2.95. The monoisotopic (exact) mass is 245 g/mol. The lowest BCUT2D eigenvalue weighted by molar-refractivity contribution is 0.412. The zero-order valence-corrected chi connectivity index (χ0v) is 11.6. The maximum atomic E-state index is 10.1. The van der Waals surface area contributed by atoms with Gasteiger partial charge >= 0.3 is 0 Å². The van der Waals surface area contributed by atoms with Crippen molar-refractivity contribution in [3.05, 3.63) is 28.8 Å². The molecule has 0 radical (unpaired) electrons. The first-order chi connectivity index (χ1) is 8.50. The van der Waals surface area contributed by atoms with E-state index in [1.807, 2.05) is 12.1 Å². The molecule has 0 aliphatic heterocycles. The van der Waals surface area contributed by atoms with E-state index in [0.717, 1.165) is 18.5 Å². The van der Waals surface area contributed by atoms with Crippen molar-refractivity contribution in [2.45, 2.75) is 52.0 Å². The molecular weight excluding hydrogens is 222 g/mol. The standard InChI is InChI=1S/C16H23NO/c1-10-4-5-13(18)15-12(8-11(2)14(10)15)17-9-16(3)6-7-16/h4-5,11-12,17-18H,6-9H2,1-3H3. The molecular formula is C16H23NO. The summed E-state index contributed by atoms with van der Waals surface area (Å²) in [7, 11) is 0. The molecule has 0 amide bonds. The van der Waals surface area contributed by atoms with Gasteiger partial charge in [-0.3, -0.25) is 0 Å². The Morgan fingerprint density at radius 2 is 2.06 bits per heavy atom. The molecule has 2 aliphatic carbocycles. The largest absolute Gasteiger partial charge is 0.508 e. The van der Waals surface area contributed by atoms with Crippen molar-refractivity contribution in [2.24, 2.45) is 5.41 Å². The Hall–Kier alpha value is -1.02. The highest BCUT2D eigenvalue weighted by atomic mass is 16.3. The van der Waals surface area contributed by atoms with Gasteiger partial charge in [-0.05, 0) is 54.7 Å². The third-order valence-electron chi connectivity index (χ3n) is 4.79. The molecule has 3 rings (SSSR count). The van der Waals surface area contributed by atoms with E-state index in [4.69, 9.17) is 0 Å². The first kappa shape index (κ1) is 12.0. The van der Waals surface area contributed by atoms with Crippen LogP contribution in [0.5, 0.6) is 5.75 Å². The predicted molar refractivity (Wildman–Crippen MR) is 74.0 cm³/mol. The predicted octanol–water partition coefficient (Wildman–Crippen LogP) is 3.64. The van der Waals surface area contributed by atoms with Gasteiger partial charge in [0.2, 0.25) is 0 Å². The minimum Gasteiger partial charge on any atom is -0.508 e. The van der Waals surface area contributed by atoms with Gasteiger partial charge in [0.15, 0.2) is 0 Å². The molecule has 0 aromatic heterocycles. The van der Waals surface area contributed by atoms with Gasteiger partial charge in [0.05, 0.1) is 0 Å². The molecule has 1 aromatic carbocycles. The number of fused-ring (bicyclic) bond motifs is 1. The quantitative estimate of drug-likeness (QED) is 0.852. The van der Waals surface area contributed by atoms with E-state index in [-0.39, 0.29) is 0 Å². The molecule has 98 valence electrons. The maximum Gasteiger partial charge on any atom is 0.120 e. The van der Waals surface area contributed by atoms with Crippen LogP contribution in [0.25, 0.3) is 0 Å². The second-order valence-corrected chi connectivity index (χ2v) is 6.61. The Bertz CT molecular complexity index is 476. The highest BCUT2D eigenvalue weighted by Crippen LogP contribution is 2.48. The van der Waals surface area contributed by atoms with E-state index in [0.29, 0.717) is 23.1 Å². The highest BCUT2D eigenvalue weighted by Gasteiger charge is 2.39. The van der Waals surface area contributed by atoms with Crippen molar-refractivity contribution >= 4 is 0 Å². The summed E-state index contributed by atoms with van der Waals surface area (Å²) in [6, 6.07) is 4.22. The average molecular weight is 245 g/mol. The van der Waals surface area contributed by atoms with Gasteiger partial charge in [0.1, 0.15) is 5.75 Å². The molecule has 2 nitrogen and oxygen atoms in total. The molecule has 1 fully saturated rings. The van der Waals surface area contributed by atoms with E-state index in [9.17, 15) is 5.11 Å². The van der Waals surface area contributed by atoms with E-state index in [1.54, 1.807) is 0 Å². The molecule has 0 bridgehead atoms. The third kappa shape index (κ3) is 1.93. The number of aryl methyl sites for hydroxylation is 1. The van der Waals surface area contributed by atoms with Gasteiger partial charge < -0.3 is 10.4 Å². The Morgan fingerprint density at radius 3 is 2.72 bits per heavy atom. The fourth-order valence-electron chi connectivity index (χ4n) is 3.29. The summed E-state index contributed by atoms with van der Waals surface area (Å²) in [5.41, 5.74) is 4.36. The van der Waals surface area contributed by atoms with Crippen LogP contribution in [0.4, 0.5) is 0 Å². The summed E-state index contributed by atoms with van der Waals surface area (Å²) < 4.78 is 0. The Labute approximate surface area is 109 Å². The number of hydrogen-bond donors (Lipinski definition) is 2. The summed E-state index contributed by atoms with van der Waals surface area (Å²) in [4.78, 5) is 0. The van der Waals surface area contributed by atoms with Crippen LogP contribution in [0, 0.1) is 12.3 Å². The molecule has 1 aromatic rings. The number of aromatic hydroxyl groups is 1. The Morgan fingerprint density at radius 1 is 1.33 bits per heavy atom. The molecule has 2 N–H and O–H groups in total. The topological polar surface area (TPSA) is 32.3 Å². The van der Waals surface area contributed by atoms with E-state index in [1.165, 1.54) is 24.0 Å². The summed E-state index contributed by atoms with van der Waals surface area (Å²) in [6.45, 7) is 7.84. The molecule has 0 saturated heterocycles. The van der Waals surface area contributed by atoms with Gasteiger partial charge in [-0.2, -0.15) is 0 Å². The van der Waals surface area contributed by atoms with E-state index >= 15 is 0 Å². The normalized spacial score (nSPS) is 28.2. The van der Waals surface area contributed by atoms with Crippen LogP contribution in [-0.2, 0) is 0 Å². The summed E-state index contributed by atoms with van der Waals surface area (Å²) in [5.74, 6) is 1.02. The minimum atomic E-state index is 0.340. The SMILES string of the molecule is Cc1ccc(O)c2c1C(C)CC2NCC1(C)CC1. The van der Waals surface area contributed by atoms with E-state index < -0.39 is 0 Å². The molecule has 2 aliphatic rings. The van der Waals surface area contributed by atoms with Crippen molar-refractivity contribution in [3.63, 3.8) is 0 Å². The molecule has 2 unspecified atom stereocenters. The van der Waals surface area contributed by atoms with Crippen LogP contribution in [-0.4, -0.2) is 11.7 Å². The smallest absolute Gasteiger partial charge is 0.120 e. The molecule has 2 atom stereocenters. The minimum absolute atomic E-state index is 0.340. The van der Waals surface area contributed by atoms with Gasteiger partial charge in [0, 0.05) is 18.2 Å². The molecule has 0 spiro atoms. The van der Waals surface area contributed by atoms with Gasteiger partial charge in [-0.25, -0.2) is 0 Å². The number of phenolic OH excluding ortho intramolecular Hbond substituents is 1. The second-order valence-electron chi connectivity index (χ2n) is 6.61. The van der Waals surface area contributed by atoms with Crippen LogP contribution in [0.2, 0.25) is 0 Å². The number of phenols is 1. The van der Waals surface area contributed by atoms with Crippen LogP contribution in [0.1, 0.15) is 61.8 Å². The van der Waals surface area contributed by atoms with Gasteiger partial charge in [-0.15, -0.1) is 0 Å². The number of hydrogen-bond acceptors (Lipinski definition) is 2. The van der Waals surface area contributed by atoms with E-state index in [2.05, 4.69) is 26.1 Å². The summed E-state index contributed by atoms with van der Waals surface area (Å²) in [6.07, 6.45) is 3.80. The van der Waals surface area contributed by atoms with Crippen molar-refractivity contribution in [2.75, 3.05) is 6.54 Å².